The Bertz CT molecular complexity index is 869. The first kappa shape index (κ1) is 20.1. The molecule has 1 N–H and O–H groups in total. The van der Waals surface area contributed by atoms with Gasteiger partial charge in [-0.25, -0.2) is 0 Å². The monoisotopic (exact) mass is 396 g/mol. The zero-order valence-electron chi connectivity index (χ0n) is 15.9. The summed E-state index contributed by atoms with van der Waals surface area (Å²) in [5.74, 6) is 1.02. The number of thioether (sulfide) groups is 1. The van der Waals surface area contributed by atoms with Crippen molar-refractivity contribution in [3.8, 4) is 17.1 Å². The van der Waals surface area contributed by atoms with E-state index in [9.17, 15) is 4.79 Å². The molecule has 1 aromatic heterocycles. The number of rotatable bonds is 10. The van der Waals surface area contributed by atoms with E-state index in [0.29, 0.717) is 24.9 Å². The van der Waals surface area contributed by atoms with Crippen LogP contribution in [0.5, 0.6) is 0 Å². The number of para-hydroxylation sites is 1. The Morgan fingerprint density at radius 2 is 1.79 bits per heavy atom. The summed E-state index contributed by atoms with van der Waals surface area (Å²) in [7, 11) is 0. The standard InChI is InChI=1S/C21H24N4O2S/c1-2-27-15-9-14-22-19(26)16-28-21-24-23-20(17-10-5-3-6-11-17)25(21)18-12-7-4-8-13-18/h3-8,10-13H,2,9,14-16H2,1H3,(H,22,26). The summed E-state index contributed by atoms with van der Waals surface area (Å²) in [6.45, 7) is 3.93. The fourth-order valence-electron chi connectivity index (χ4n) is 2.67. The Hall–Kier alpha value is -2.64. The van der Waals surface area contributed by atoms with E-state index >= 15 is 0 Å². The maximum absolute atomic E-state index is 12.1. The summed E-state index contributed by atoms with van der Waals surface area (Å²) in [6, 6.07) is 19.9. The van der Waals surface area contributed by atoms with Gasteiger partial charge in [-0.3, -0.25) is 9.36 Å². The van der Waals surface area contributed by atoms with Crippen molar-refractivity contribution in [2.24, 2.45) is 0 Å². The van der Waals surface area contributed by atoms with E-state index in [0.717, 1.165) is 23.5 Å². The maximum Gasteiger partial charge on any atom is 0.230 e. The van der Waals surface area contributed by atoms with Gasteiger partial charge in [0, 0.05) is 31.0 Å². The third-order valence-electron chi connectivity index (χ3n) is 4.00. The summed E-state index contributed by atoms with van der Waals surface area (Å²) in [5.41, 5.74) is 1.94. The van der Waals surface area contributed by atoms with Crippen LogP contribution < -0.4 is 5.32 Å². The Labute approximate surface area is 169 Å². The van der Waals surface area contributed by atoms with Crippen LogP contribution in [0.1, 0.15) is 13.3 Å². The number of hydrogen-bond acceptors (Lipinski definition) is 5. The highest BCUT2D eigenvalue weighted by Crippen LogP contribution is 2.27. The number of nitrogens with one attached hydrogen (secondary N) is 1. The molecule has 28 heavy (non-hydrogen) atoms. The fraction of sp³-hybridized carbons (Fsp3) is 0.286. The zero-order chi connectivity index (χ0) is 19.6. The maximum atomic E-state index is 12.1. The van der Waals surface area contributed by atoms with E-state index in [1.807, 2.05) is 72.2 Å². The van der Waals surface area contributed by atoms with Crippen LogP contribution in [0, 0.1) is 0 Å². The van der Waals surface area contributed by atoms with Gasteiger partial charge < -0.3 is 10.1 Å². The van der Waals surface area contributed by atoms with Crippen LogP contribution in [0.4, 0.5) is 0 Å². The first-order chi connectivity index (χ1) is 13.8. The first-order valence-electron chi connectivity index (χ1n) is 9.33. The van der Waals surface area contributed by atoms with Crippen molar-refractivity contribution < 1.29 is 9.53 Å². The number of nitrogens with zero attached hydrogens (tertiary/aromatic N) is 3. The molecular formula is C21H24N4O2S. The van der Waals surface area contributed by atoms with Gasteiger partial charge >= 0.3 is 0 Å². The molecule has 1 heterocycles. The molecule has 146 valence electrons. The molecule has 0 unspecified atom stereocenters. The van der Waals surface area contributed by atoms with Gasteiger partial charge in [0.25, 0.3) is 0 Å². The van der Waals surface area contributed by atoms with Crippen LogP contribution in [0.2, 0.25) is 0 Å². The van der Waals surface area contributed by atoms with E-state index in [2.05, 4.69) is 15.5 Å². The van der Waals surface area contributed by atoms with Crippen LogP contribution in [0.15, 0.2) is 65.8 Å². The molecule has 0 spiro atoms. The summed E-state index contributed by atoms with van der Waals surface area (Å²) in [4.78, 5) is 12.1. The second kappa shape index (κ2) is 10.6. The SMILES string of the molecule is CCOCCCNC(=O)CSc1nnc(-c2ccccc2)n1-c1ccccc1. The van der Waals surface area contributed by atoms with E-state index in [1.165, 1.54) is 11.8 Å². The van der Waals surface area contributed by atoms with Gasteiger partial charge in [0.1, 0.15) is 0 Å². The third kappa shape index (κ3) is 5.43. The van der Waals surface area contributed by atoms with E-state index in [4.69, 9.17) is 4.74 Å². The number of amides is 1. The minimum absolute atomic E-state index is 0.0228. The van der Waals surface area contributed by atoms with Crippen LogP contribution in [0.25, 0.3) is 17.1 Å². The smallest absolute Gasteiger partial charge is 0.230 e. The van der Waals surface area contributed by atoms with Crippen LogP contribution in [0.3, 0.4) is 0 Å². The predicted octanol–water partition coefficient (Wildman–Crippen LogP) is 3.57. The summed E-state index contributed by atoms with van der Waals surface area (Å²) < 4.78 is 7.26. The van der Waals surface area contributed by atoms with E-state index < -0.39 is 0 Å². The molecule has 0 atom stereocenters. The van der Waals surface area contributed by atoms with Crippen molar-refractivity contribution >= 4 is 17.7 Å². The molecule has 0 aliphatic carbocycles. The summed E-state index contributed by atoms with van der Waals surface area (Å²) >= 11 is 1.38. The molecule has 2 aromatic carbocycles. The normalized spacial score (nSPS) is 10.8. The lowest BCUT2D eigenvalue weighted by atomic mass is 10.2. The molecule has 0 aliphatic rings. The van der Waals surface area contributed by atoms with Crippen LogP contribution >= 0.6 is 11.8 Å². The minimum Gasteiger partial charge on any atom is -0.382 e. The molecule has 1 amide bonds. The third-order valence-corrected chi connectivity index (χ3v) is 4.93. The first-order valence-corrected chi connectivity index (χ1v) is 10.3. The Kier molecular flexibility index (Phi) is 7.63. The molecule has 0 fully saturated rings. The van der Waals surface area contributed by atoms with E-state index in [-0.39, 0.29) is 11.7 Å². The lowest BCUT2D eigenvalue weighted by Gasteiger charge is -2.10. The van der Waals surface area contributed by atoms with Crippen molar-refractivity contribution in [3.05, 3.63) is 60.7 Å². The number of carbonyl (C=O) groups excluding carboxylic acids is 1. The average molecular weight is 397 g/mol. The second-order valence-corrected chi connectivity index (χ2v) is 6.97. The molecule has 0 bridgehead atoms. The number of hydrogen-bond donors (Lipinski definition) is 1. The van der Waals surface area contributed by atoms with Crippen molar-refractivity contribution in [2.45, 2.75) is 18.5 Å². The molecule has 0 aliphatic heterocycles. The second-order valence-electron chi connectivity index (χ2n) is 6.03. The molecule has 3 rings (SSSR count). The molecule has 3 aromatic rings. The van der Waals surface area contributed by atoms with Gasteiger partial charge in [0.05, 0.1) is 5.75 Å². The topological polar surface area (TPSA) is 69.0 Å². The van der Waals surface area contributed by atoms with Gasteiger partial charge in [-0.1, -0.05) is 60.3 Å². The lowest BCUT2D eigenvalue weighted by molar-refractivity contribution is -0.118. The molecule has 0 radical (unpaired) electrons. The number of aromatic nitrogens is 3. The van der Waals surface area contributed by atoms with Crippen LogP contribution in [-0.4, -0.2) is 46.2 Å². The molecule has 0 saturated heterocycles. The Morgan fingerprint density at radius 1 is 1.07 bits per heavy atom. The highest BCUT2D eigenvalue weighted by atomic mass is 32.2. The minimum atomic E-state index is -0.0228. The highest BCUT2D eigenvalue weighted by Gasteiger charge is 2.16. The summed E-state index contributed by atoms with van der Waals surface area (Å²) in [6.07, 6.45) is 0.808. The van der Waals surface area contributed by atoms with Gasteiger partial charge in [-0.15, -0.1) is 10.2 Å². The quantitative estimate of drug-likeness (QED) is 0.419. The predicted molar refractivity (Wildman–Crippen MR) is 112 cm³/mol. The van der Waals surface area contributed by atoms with Crippen molar-refractivity contribution in [2.75, 3.05) is 25.5 Å². The van der Waals surface area contributed by atoms with Gasteiger partial charge in [-0.2, -0.15) is 0 Å². The van der Waals surface area contributed by atoms with Gasteiger partial charge in [0.15, 0.2) is 11.0 Å². The van der Waals surface area contributed by atoms with Crippen molar-refractivity contribution in [1.82, 2.24) is 20.1 Å². The van der Waals surface area contributed by atoms with Gasteiger partial charge in [0.2, 0.25) is 5.91 Å². The number of ether oxygens (including phenoxy) is 1. The average Bonchev–Trinajstić information content (AvgIpc) is 3.17. The Morgan fingerprint density at radius 3 is 2.50 bits per heavy atom. The summed E-state index contributed by atoms with van der Waals surface area (Å²) in [5, 5.41) is 12.3. The van der Waals surface area contributed by atoms with Gasteiger partial charge in [-0.05, 0) is 25.5 Å². The highest BCUT2D eigenvalue weighted by molar-refractivity contribution is 7.99. The largest absolute Gasteiger partial charge is 0.382 e. The number of benzene rings is 2. The zero-order valence-corrected chi connectivity index (χ0v) is 16.7. The molecular weight excluding hydrogens is 372 g/mol. The molecule has 7 heteroatoms. The fourth-order valence-corrected chi connectivity index (χ4v) is 3.46. The number of carbonyl (C=O) groups is 1. The molecule has 0 saturated carbocycles. The van der Waals surface area contributed by atoms with Crippen molar-refractivity contribution in [3.63, 3.8) is 0 Å². The van der Waals surface area contributed by atoms with Crippen LogP contribution in [-0.2, 0) is 9.53 Å². The van der Waals surface area contributed by atoms with Crippen molar-refractivity contribution in [1.29, 1.82) is 0 Å². The van der Waals surface area contributed by atoms with E-state index in [1.54, 1.807) is 0 Å². The molecule has 6 nitrogen and oxygen atoms in total. The Balaban J connectivity index is 1.71. The lowest BCUT2D eigenvalue weighted by Crippen LogP contribution is -2.27.